The molecule has 0 unspecified atom stereocenters. The van der Waals surface area contributed by atoms with Gasteiger partial charge in [0.25, 0.3) is 17.4 Å². The van der Waals surface area contributed by atoms with Crippen molar-refractivity contribution in [2.45, 2.75) is 20.1 Å². The van der Waals surface area contributed by atoms with Crippen molar-refractivity contribution >= 4 is 5.91 Å². The highest BCUT2D eigenvalue weighted by atomic mass is 16.5. The number of aromatic amines is 1. The summed E-state index contributed by atoms with van der Waals surface area (Å²) in [6.45, 7) is 2.25. The molecule has 0 spiro atoms. The Kier molecular flexibility index (Phi) is 7.22. The molecule has 35 heavy (non-hydrogen) atoms. The molecule has 0 aliphatic heterocycles. The fourth-order valence-electron chi connectivity index (χ4n) is 3.56. The highest BCUT2D eigenvalue weighted by Gasteiger charge is 2.25. The lowest BCUT2D eigenvalue weighted by molar-refractivity contribution is 0.0947. The highest BCUT2D eigenvalue weighted by Crippen LogP contribution is 2.41. The van der Waals surface area contributed by atoms with Gasteiger partial charge in [-0.3, -0.25) is 9.59 Å². The molecule has 3 N–H and O–H groups in total. The van der Waals surface area contributed by atoms with Crippen molar-refractivity contribution in [1.29, 1.82) is 0 Å². The van der Waals surface area contributed by atoms with Gasteiger partial charge in [0.15, 0.2) is 0 Å². The van der Waals surface area contributed by atoms with Gasteiger partial charge in [-0.1, -0.05) is 36.4 Å². The smallest absolute Gasteiger partial charge is 0.264 e. The summed E-state index contributed by atoms with van der Waals surface area (Å²) in [6, 6.07) is 15.7. The van der Waals surface area contributed by atoms with Crippen LogP contribution in [0.15, 0.2) is 63.8 Å². The van der Waals surface area contributed by atoms with Gasteiger partial charge in [-0.05, 0) is 25.1 Å². The Morgan fingerprint density at radius 2 is 1.83 bits per heavy atom. The number of aromatic hydroxyl groups is 1. The number of hydrogen-bond donors (Lipinski definition) is 3. The summed E-state index contributed by atoms with van der Waals surface area (Å²) in [7, 11) is 1.51. The molecule has 4 aromatic rings. The molecule has 0 aliphatic rings. The van der Waals surface area contributed by atoms with Gasteiger partial charge in [-0.25, -0.2) is 0 Å². The Bertz CT molecular complexity index is 1380. The molecule has 0 saturated carbocycles. The fourth-order valence-corrected chi connectivity index (χ4v) is 3.56. The average Bonchev–Trinajstić information content (AvgIpc) is 3.34. The molecule has 0 atom stereocenters. The maximum Gasteiger partial charge on any atom is 0.264 e. The van der Waals surface area contributed by atoms with E-state index in [2.05, 4.69) is 20.5 Å². The molecule has 1 amide bonds. The van der Waals surface area contributed by atoms with Gasteiger partial charge >= 0.3 is 0 Å². The number of methoxy groups -OCH3 is 1. The zero-order chi connectivity index (χ0) is 24.8. The summed E-state index contributed by atoms with van der Waals surface area (Å²) in [5.41, 5.74) is 0.904. The van der Waals surface area contributed by atoms with Gasteiger partial charge in [0.2, 0.25) is 5.89 Å². The van der Waals surface area contributed by atoms with Crippen LogP contribution in [0.2, 0.25) is 0 Å². The highest BCUT2D eigenvalue weighted by molar-refractivity contribution is 5.94. The van der Waals surface area contributed by atoms with Crippen LogP contribution in [0.1, 0.15) is 28.9 Å². The number of rotatable bonds is 9. The molecule has 0 saturated heterocycles. The number of ether oxygens (including phenoxy) is 2. The van der Waals surface area contributed by atoms with E-state index >= 15 is 0 Å². The molecule has 0 radical (unpaired) electrons. The van der Waals surface area contributed by atoms with Crippen molar-refractivity contribution in [2.75, 3.05) is 13.7 Å². The predicted octanol–water partition coefficient (Wildman–Crippen LogP) is 3.27. The first-order valence-electron chi connectivity index (χ1n) is 10.9. The molecular formula is C25H24N4O6. The third-order valence-corrected chi connectivity index (χ3v) is 5.21. The van der Waals surface area contributed by atoms with Crippen LogP contribution >= 0.6 is 0 Å². The minimum absolute atomic E-state index is 0.0544. The second-order valence-electron chi connectivity index (χ2n) is 7.42. The third kappa shape index (κ3) is 5.07. The molecule has 2 aromatic heterocycles. The summed E-state index contributed by atoms with van der Waals surface area (Å²) in [6.07, 6.45) is 0. The number of pyridine rings is 1. The van der Waals surface area contributed by atoms with Gasteiger partial charge in [0, 0.05) is 17.7 Å². The van der Waals surface area contributed by atoms with E-state index in [0.717, 1.165) is 0 Å². The number of amides is 1. The van der Waals surface area contributed by atoms with E-state index in [4.69, 9.17) is 13.9 Å². The second kappa shape index (κ2) is 10.7. The van der Waals surface area contributed by atoms with Crippen LogP contribution in [0.25, 0.3) is 22.6 Å². The molecule has 2 aromatic carbocycles. The first-order valence-corrected chi connectivity index (χ1v) is 10.9. The van der Waals surface area contributed by atoms with Gasteiger partial charge in [-0.15, -0.1) is 10.2 Å². The average molecular weight is 476 g/mol. The van der Waals surface area contributed by atoms with E-state index in [1.54, 1.807) is 48.5 Å². The quantitative estimate of drug-likeness (QED) is 0.334. The summed E-state index contributed by atoms with van der Waals surface area (Å²) < 4.78 is 16.5. The number of carbonyl (C=O) groups is 1. The maximum absolute atomic E-state index is 12.9. The van der Waals surface area contributed by atoms with Crippen molar-refractivity contribution in [3.63, 3.8) is 0 Å². The number of nitrogens with zero attached hydrogens (tertiary/aromatic N) is 2. The molecule has 4 rings (SSSR count). The Morgan fingerprint density at radius 1 is 1.09 bits per heavy atom. The number of para-hydroxylation sites is 1. The lowest BCUT2D eigenvalue weighted by Crippen LogP contribution is -2.22. The van der Waals surface area contributed by atoms with Crippen LogP contribution in [0.3, 0.4) is 0 Å². The summed E-state index contributed by atoms with van der Waals surface area (Å²) in [4.78, 5) is 27.9. The normalized spacial score (nSPS) is 10.8. The van der Waals surface area contributed by atoms with E-state index < -0.39 is 5.56 Å². The van der Waals surface area contributed by atoms with Crippen molar-refractivity contribution < 1.29 is 23.8 Å². The summed E-state index contributed by atoms with van der Waals surface area (Å²) >= 11 is 0. The third-order valence-electron chi connectivity index (χ3n) is 5.21. The number of hydrogen-bond acceptors (Lipinski definition) is 8. The number of carbonyl (C=O) groups excluding carboxylic acids is 1. The molecule has 10 nitrogen and oxygen atoms in total. The first kappa shape index (κ1) is 23.7. The topological polar surface area (TPSA) is 140 Å². The largest absolute Gasteiger partial charge is 0.506 e. The van der Waals surface area contributed by atoms with E-state index in [1.165, 1.54) is 7.11 Å². The zero-order valence-corrected chi connectivity index (χ0v) is 19.2. The molecule has 10 heteroatoms. The Labute approximate surface area is 200 Å². The first-order chi connectivity index (χ1) is 17.0. The zero-order valence-electron chi connectivity index (χ0n) is 19.2. The van der Waals surface area contributed by atoms with E-state index in [1.807, 2.05) is 13.0 Å². The Hall–Kier alpha value is -4.44. The van der Waals surface area contributed by atoms with Crippen LogP contribution in [0.5, 0.6) is 11.5 Å². The van der Waals surface area contributed by atoms with Crippen molar-refractivity contribution in [3.8, 4) is 34.1 Å². The molecule has 0 fully saturated rings. The van der Waals surface area contributed by atoms with Gasteiger partial charge in [0.05, 0.1) is 31.5 Å². The summed E-state index contributed by atoms with van der Waals surface area (Å²) in [5.74, 6) is -0.290. The molecular weight excluding hydrogens is 452 g/mol. The van der Waals surface area contributed by atoms with E-state index in [-0.39, 0.29) is 42.2 Å². The van der Waals surface area contributed by atoms with Crippen LogP contribution in [0.4, 0.5) is 0 Å². The number of aromatic nitrogens is 3. The Balaban J connectivity index is 1.70. The van der Waals surface area contributed by atoms with Gasteiger partial charge in [0.1, 0.15) is 17.1 Å². The van der Waals surface area contributed by atoms with Crippen molar-refractivity contribution in [1.82, 2.24) is 20.5 Å². The predicted molar refractivity (Wildman–Crippen MR) is 127 cm³/mol. The standard InChI is InChI=1S/C25H24N4O6/c1-3-34-14-17-20(16-11-7-8-12-18(16)33-2)22(30)21(24(32)27-17)25-29-28-19(35-25)13-26-23(31)15-9-5-4-6-10-15/h4-12H,3,13-14H2,1-2H3,(H,26,31)(H2,27,30,32). The molecule has 180 valence electrons. The van der Waals surface area contributed by atoms with E-state index in [9.17, 15) is 14.7 Å². The summed E-state index contributed by atoms with van der Waals surface area (Å²) in [5, 5.41) is 21.7. The monoisotopic (exact) mass is 476 g/mol. The molecule has 2 heterocycles. The van der Waals surface area contributed by atoms with Crippen LogP contribution in [0, 0.1) is 0 Å². The SMILES string of the molecule is CCOCc1[nH]c(=O)c(-c2nnc(CNC(=O)c3ccccc3)o2)c(O)c1-c1ccccc1OC. The second-order valence-corrected chi connectivity index (χ2v) is 7.42. The van der Waals surface area contributed by atoms with Crippen LogP contribution in [-0.4, -0.2) is 39.9 Å². The van der Waals surface area contributed by atoms with Gasteiger partial charge in [-0.2, -0.15) is 0 Å². The maximum atomic E-state index is 12.9. The van der Waals surface area contributed by atoms with Gasteiger partial charge < -0.3 is 29.3 Å². The Morgan fingerprint density at radius 3 is 2.57 bits per heavy atom. The van der Waals surface area contributed by atoms with E-state index in [0.29, 0.717) is 34.7 Å². The minimum atomic E-state index is -0.626. The minimum Gasteiger partial charge on any atom is -0.506 e. The molecule has 0 aliphatic carbocycles. The number of H-pyrrole nitrogens is 1. The lowest BCUT2D eigenvalue weighted by atomic mass is 9.99. The van der Waals surface area contributed by atoms with Crippen LogP contribution < -0.4 is 15.6 Å². The lowest BCUT2D eigenvalue weighted by Gasteiger charge is -2.16. The number of nitrogens with one attached hydrogen (secondary N) is 2. The molecule has 0 bridgehead atoms. The van der Waals surface area contributed by atoms with Crippen molar-refractivity contribution in [3.05, 3.63) is 82.1 Å². The fraction of sp³-hybridized carbons (Fsp3) is 0.200. The van der Waals surface area contributed by atoms with Crippen LogP contribution in [-0.2, 0) is 17.9 Å². The number of benzene rings is 2. The van der Waals surface area contributed by atoms with Crippen molar-refractivity contribution in [2.24, 2.45) is 0 Å².